The van der Waals surface area contributed by atoms with Crippen LogP contribution in [0.4, 0.5) is 0 Å². The molecule has 210 valence electrons. The van der Waals surface area contributed by atoms with E-state index in [1.54, 1.807) is 12.1 Å². The number of fused-ring (bicyclic) bond motifs is 5. The zero-order valence-corrected chi connectivity index (χ0v) is 23.9. The Morgan fingerprint density at radius 3 is 1.71 bits per heavy atom. The maximum atomic E-state index is 9.47. The summed E-state index contributed by atoms with van der Waals surface area (Å²) in [6.45, 7) is 0. The van der Waals surface area contributed by atoms with Crippen molar-refractivity contribution in [2.24, 2.45) is 0 Å². The van der Waals surface area contributed by atoms with Crippen LogP contribution < -0.4 is 0 Å². The molecule has 0 amide bonds. The van der Waals surface area contributed by atoms with Gasteiger partial charge < -0.3 is 4.42 Å². The summed E-state index contributed by atoms with van der Waals surface area (Å²) in [7, 11) is 0. The van der Waals surface area contributed by atoms with E-state index in [1.807, 2.05) is 103 Å². The van der Waals surface area contributed by atoms with E-state index in [2.05, 4.69) is 0 Å². The molecule has 0 atom stereocenters. The van der Waals surface area contributed by atoms with Crippen molar-refractivity contribution in [3.63, 3.8) is 0 Å². The predicted octanol–water partition coefficient (Wildman–Crippen LogP) is 12.6. The van der Waals surface area contributed by atoms with E-state index in [-0.39, 0.29) is 41.8 Å². The maximum absolute atomic E-state index is 9.47. The normalized spacial score (nSPS) is 14.4. The van der Waals surface area contributed by atoms with Crippen molar-refractivity contribution < 1.29 is 16.8 Å². The summed E-state index contributed by atoms with van der Waals surface area (Å²) < 4.78 is 84.4. The molecule has 0 aliphatic carbocycles. The van der Waals surface area contributed by atoms with Crippen LogP contribution in [0.1, 0.15) is 12.3 Å². The van der Waals surface area contributed by atoms with E-state index in [0.29, 0.717) is 39.0 Å². The van der Waals surface area contributed by atoms with Gasteiger partial charge in [0.15, 0.2) is 0 Å². The Kier molecular flexibility index (Phi) is 4.15. The van der Waals surface area contributed by atoms with Crippen molar-refractivity contribution in [2.75, 3.05) is 0 Å². The van der Waals surface area contributed by atoms with Crippen LogP contribution in [0.15, 0.2) is 174 Å². The van der Waals surface area contributed by atoms with Gasteiger partial charge in [0.2, 0.25) is 0 Å². The molecular formula is C44H28O. The molecule has 0 fully saturated rings. The smallest absolute Gasteiger partial charge is 0.143 e. The Hall–Kier alpha value is -5.92. The van der Waals surface area contributed by atoms with Crippen LogP contribution in [0.5, 0.6) is 0 Å². The Morgan fingerprint density at radius 2 is 1.00 bits per heavy atom. The maximum Gasteiger partial charge on any atom is 0.143 e. The summed E-state index contributed by atoms with van der Waals surface area (Å²) in [5.74, 6) is 0. The first-order valence-electron chi connectivity index (χ1n) is 19.2. The molecule has 1 nitrogen and oxygen atoms in total. The van der Waals surface area contributed by atoms with Gasteiger partial charge >= 0.3 is 0 Å². The minimum Gasteiger partial charge on any atom is -0.455 e. The van der Waals surface area contributed by atoms with Gasteiger partial charge in [-0.15, -0.1) is 0 Å². The lowest BCUT2D eigenvalue weighted by atomic mass is 9.85. The molecule has 1 heterocycles. The molecule has 9 aromatic rings. The highest BCUT2D eigenvalue weighted by Crippen LogP contribution is 2.45. The Bertz CT molecular complexity index is 2960. The van der Waals surface area contributed by atoms with Crippen molar-refractivity contribution >= 4 is 43.5 Å². The van der Waals surface area contributed by atoms with Crippen LogP contribution in [0.3, 0.4) is 0 Å². The van der Waals surface area contributed by atoms with Crippen molar-refractivity contribution in [2.45, 2.75) is 0 Å². The third-order valence-corrected chi connectivity index (χ3v) is 8.42. The van der Waals surface area contributed by atoms with Gasteiger partial charge in [-0.3, -0.25) is 0 Å². The summed E-state index contributed by atoms with van der Waals surface area (Å²) in [5.41, 5.74) is 5.17. The lowest BCUT2D eigenvalue weighted by Gasteiger charge is -2.18. The molecule has 1 heteroatoms. The van der Waals surface area contributed by atoms with Crippen molar-refractivity contribution in [1.29, 1.82) is 0 Å². The van der Waals surface area contributed by atoms with E-state index >= 15 is 0 Å². The Morgan fingerprint density at radius 1 is 0.400 bits per heavy atom. The molecule has 1 aromatic heterocycles. The second kappa shape index (κ2) is 10.4. The van der Waals surface area contributed by atoms with Crippen LogP contribution in [0, 0.1) is 0 Å². The highest BCUT2D eigenvalue weighted by Gasteiger charge is 2.19. The third-order valence-electron chi connectivity index (χ3n) is 8.42. The van der Waals surface area contributed by atoms with Crippen LogP contribution in [0.2, 0.25) is 0 Å². The SMILES string of the molecule is [2H]c1c([2H])c([2H])c(-c2cccc3c2oc2ccc(-c4c5ccccc5c(-c5c([2H])c([2H])c([2H])c(-c6ccccc6)c5[2H])c5ccccc45)cc23)c([2H])c1[2H]. The van der Waals surface area contributed by atoms with Gasteiger partial charge in [0.1, 0.15) is 11.2 Å². The minimum atomic E-state index is -0.455. The molecule has 0 saturated heterocycles. The molecule has 0 aliphatic rings. The van der Waals surface area contributed by atoms with Crippen LogP contribution >= 0.6 is 0 Å². The summed E-state index contributed by atoms with van der Waals surface area (Å²) in [6.07, 6.45) is 0. The number of benzene rings is 8. The fourth-order valence-corrected chi connectivity index (χ4v) is 6.46. The molecular weight excluding hydrogens is 544 g/mol. The highest BCUT2D eigenvalue weighted by atomic mass is 16.3. The number of para-hydroxylation sites is 1. The molecule has 0 spiro atoms. The second-order valence-corrected chi connectivity index (χ2v) is 11.0. The summed E-state index contributed by atoms with van der Waals surface area (Å²) >= 11 is 0. The molecule has 0 unspecified atom stereocenters. The van der Waals surface area contributed by atoms with E-state index < -0.39 is 18.1 Å². The van der Waals surface area contributed by atoms with Gasteiger partial charge in [-0.2, -0.15) is 0 Å². The van der Waals surface area contributed by atoms with Crippen molar-refractivity contribution in [3.05, 3.63) is 170 Å². The van der Waals surface area contributed by atoms with Crippen LogP contribution in [-0.4, -0.2) is 0 Å². The quantitative estimate of drug-likeness (QED) is 0.188. The van der Waals surface area contributed by atoms with Crippen LogP contribution in [0.25, 0.3) is 88.0 Å². The monoisotopic (exact) mass is 581 g/mol. The fourth-order valence-electron chi connectivity index (χ4n) is 6.46. The predicted molar refractivity (Wildman–Crippen MR) is 190 cm³/mol. The third kappa shape index (κ3) is 4.17. The fraction of sp³-hybridized carbons (Fsp3) is 0. The van der Waals surface area contributed by atoms with Gasteiger partial charge in [-0.05, 0) is 78.7 Å². The topological polar surface area (TPSA) is 13.1 Å². The van der Waals surface area contributed by atoms with Gasteiger partial charge in [-0.25, -0.2) is 0 Å². The minimum absolute atomic E-state index is 0.0245. The summed E-state index contributed by atoms with van der Waals surface area (Å²) in [4.78, 5) is 0. The van der Waals surface area contributed by atoms with Crippen LogP contribution in [-0.2, 0) is 0 Å². The first-order chi connectivity index (χ1) is 26.1. The first kappa shape index (κ1) is 18.0. The van der Waals surface area contributed by atoms with Gasteiger partial charge in [0.25, 0.3) is 0 Å². The van der Waals surface area contributed by atoms with Gasteiger partial charge in [0, 0.05) is 16.3 Å². The lowest BCUT2D eigenvalue weighted by Crippen LogP contribution is -1.91. The van der Waals surface area contributed by atoms with E-state index in [0.717, 1.165) is 43.4 Å². The molecule has 8 aromatic carbocycles. The standard InChI is InChI=1S/C44H28O/c1-3-13-29(14-4-1)31-17-11-18-32(27-31)42-35-19-7-9-21-37(35)43(38-22-10-8-20-36(38)42)33-25-26-41-40(28-33)39-24-12-23-34(44(39)45-41)30-15-5-2-6-16-30/h1-28H/i2D,5D,6D,11D,15D,16D,17D,18D,27D. The number of hydrogen-bond donors (Lipinski definition) is 0. The van der Waals surface area contributed by atoms with E-state index in [9.17, 15) is 1.37 Å². The number of rotatable bonds is 4. The molecule has 0 N–H and O–H groups in total. The average Bonchev–Trinajstić information content (AvgIpc) is 3.57. The number of furan rings is 1. The Balaban J connectivity index is 1.33. The summed E-state index contributed by atoms with van der Waals surface area (Å²) in [6, 6.07) is 33.7. The zero-order chi connectivity index (χ0) is 37.6. The molecule has 45 heavy (non-hydrogen) atoms. The van der Waals surface area contributed by atoms with E-state index in [1.165, 1.54) is 0 Å². The van der Waals surface area contributed by atoms with Gasteiger partial charge in [0.05, 0.1) is 12.3 Å². The molecule has 0 bridgehead atoms. The van der Waals surface area contributed by atoms with E-state index in [4.69, 9.17) is 15.4 Å². The molecule has 0 aliphatic heterocycles. The molecule has 0 saturated carbocycles. The average molecular weight is 582 g/mol. The first-order valence-corrected chi connectivity index (χ1v) is 14.7. The van der Waals surface area contributed by atoms with Crippen molar-refractivity contribution in [1.82, 2.24) is 0 Å². The largest absolute Gasteiger partial charge is 0.455 e. The molecule has 9 rings (SSSR count). The summed E-state index contributed by atoms with van der Waals surface area (Å²) in [5, 5.41) is 4.86. The lowest BCUT2D eigenvalue weighted by molar-refractivity contribution is 0.670. The Labute approximate surface area is 274 Å². The number of hydrogen-bond acceptors (Lipinski definition) is 1. The molecule has 0 radical (unpaired) electrons. The van der Waals surface area contributed by atoms with Crippen molar-refractivity contribution in [3.8, 4) is 44.5 Å². The highest BCUT2D eigenvalue weighted by molar-refractivity contribution is 6.22. The van der Waals surface area contributed by atoms with Gasteiger partial charge in [-0.1, -0.05) is 151 Å². The second-order valence-electron chi connectivity index (χ2n) is 11.0. The zero-order valence-electron chi connectivity index (χ0n) is 32.9.